The van der Waals surface area contributed by atoms with E-state index in [0.717, 1.165) is 12.8 Å². The van der Waals surface area contributed by atoms with Gasteiger partial charge in [0.1, 0.15) is 5.78 Å². The van der Waals surface area contributed by atoms with E-state index in [4.69, 9.17) is 0 Å². The fourth-order valence-electron chi connectivity index (χ4n) is 4.87. The number of ketones is 1. The number of hydrogen-bond donors (Lipinski definition) is 0. The quantitative estimate of drug-likeness (QED) is 0.108. The van der Waals surface area contributed by atoms with Crippen molar-refractivity contribution in [1.82, 2.24) is 0 Å². The van der Waals surface area contributed by atoms with Crippen molar-refractivity contribution in [3.63, 3.8) is 0 Å². The van der Waals surface area contributed by atoms with Crippen molar-refractivity contribution in [3.8, 4) is 0 Å². The topological polar surface area (TPSA) is 17.1 Å². The number of rotatable bonds is 28. The molecule has 192 valence electrons. The van der Waals surface area contributed by atoms with E-state index in [9.17, 15) is 4.79 Å². The van der Waals surface area contributed by atoms with Gasteiger partial charge in [-0.05, 0) is 13.3 Å². The van der Waals surface area contributed by atoms with Gasteiger partial charge >= 0.3 is 0 Å². The first-order chi connectivity index (χ1) is 15.8. The molecule has 0 unspecified atom stereocenters. The summed E-state index contributed by atoms with van der Waals surface area (Å²) in [4.78, 5) is 10.9. The molecule has 0 atom stereocenters. The van der Waals surface area contributed by atoms with E-state index in [-0.39, 0.29) is 0 Å². The van der Waals surface area contributed by atoms with Crippen LogP contribution in [-0.4, -0.2) is 5.78 Å². The van der Waals surface area contributed by atoms with Crippen molar-refractivity contribution in [2.75, 3.05) is 0 Å². The predicted octanol–water partition coefficient (Wildman–Crippen LogP) is 11.5. The van der Waals surface area contributed by atoms with E-state index < -0.39 is 0 Å². The summed E-state index contributed by atoms with van der Waals surface area (Å²) in [6.45, 7) is 4.01. The molecule has 0 aromatic rings. The molecule has 0 radical (unpaired) electrons. The fraction of sp³-hybridized carbons (Fsp3) is 0.968. The monoisotopic (exact) mass is 450 g/mol. The van der Waals surface area contributed by atoms with E-state index in [1.807, 2.05) is 0 Å². The van der Waals surface area contributed by atoms with Crippen molar-refractivity contribution in [2.45, 2.75) is 194 Å². The molecule has 0 N–H and O–H groups in total. The molecule has 0 aliphatic rings. The molecule has 0 bridgehead atoms. The molecular weight excluding hydrogens is 388 g/mol. The van der Waals surface area contributed by atoms with Crippen LogP contribution in [-0.2, 0) is 4.79 Å². The zero-order chi connectivity index (χ0) is 23.4. The van der Waals surface area contributed by atoms with Gasteiger partial charge in [0, 0.05) is 6.42 Å². The highest BCUT2D eigenvalue weighted by Gasteiger charge is 1.97. The van der Waals surface area contributed by atoms with Gasteiger partial charge in [0.15, 0.2) is 0 Å². The molecule has 0 fully saturated rings. The highest BCUT2D eigenvalue weighted by Crippen LogP contribution is 2.16. The van der Waals surface area contributed by atoms with Crippen LogP contribution in [0, 0.1) is 0 Å². The average Bonchev–Trinajstić information content (AvgIpc) is 2.78. The number of unbranched alkanes of at least 4 members (excludes halogenated alkanes) is 26. The normalized spacial score (nSPS) is 11.3. The largest absolute Gasteiger partial charge is 0.300 e. The van der Waals surface area contributed by atoms with Crippen LogP contribution in [0.2, 0.25) is 0 Å². The SMILES string of the molecule is CCCCCCCCCCCCCCCCCCCCCCCCCCCCCC(C)=O. The molecule has 0 aliphatic carbocycles. The van der Waals surface area contributed by atoms with Crippen LogP contribution < -0.4 is 0 Å². The summed E-state index contributed by atoms with van der Waals surface area (Å²) in [6, 6.07) is 0. The molecule has 0 aliphatic heterocycles. The number of hydrogen-bond acceptors (Lipinski definition) is 1. The van der Waals surface area contributed by atoms with E-state index in [1.165, 1.54) is 167 Å². The maximum Gasteiger partial charge on any atom is 0.129 e. The molecule has 0 rings (SSSR count). The first-order valence-electron chi connectivity index (χ1n) is 15.3. The minimum Gasteiger partial charge on any atom is -0.300 e. The van der Waals surface area contributed by atoms with Gasteiger partial charge < -0.3 is 4.79 Å². The Morgan fingerprint density at radius 2 is 0.531 bits per heavy atom. The first kappa shape index (κ1) is 31.7. The minimum atomic E-state index is 0.351. The summed E-state index contributed by atoms with van der Waals surface area (Å²) in [5, 5.41) is 0. The average molecular weight is 451 g/mol. The fourth-order valence-corrected chi connectivity index (χ4v) is 4.87. The number of carbonyl (C=O) groups is 1. The minimum absolute atomic E-state index is 0.351. The summed E-state index contributed by atoms with van der Waals surface area (Å²) in [5.41, 5.74) is 0. The van der Waals surface area contributed by atoms with Crippen LogP contribution in [0.25, 0.3) is 0 Å². The Balaban J connectivity index is 3.00. The van der Waals surface area contributed by atoms with Gasteiger partial charge in [0.2, 0.25) is 0 Å². The molecule has 0 spiro atoms. The van der Waals surface area contributed by atoms with Crippen molar-refractivity contribution < 1.29 is 4.79 Å². The molecule has 32 heavy (non-hydrogen) atoms. The van der Waals surface area contributed by atoms with Crippen LogP contribution in [0.4, 0.5) is 0 Å². The van der Waals surface area contributed by atoms with E-state index >= 15 is 0 Å². The summed E-state index contributed by atoms with van der Waals surface area (Å²) in [5.74, 6) is 0.351. The van der Waals surface area contributed by atoms with Gasteiger partial charge in [-0.2, -0.15) is 0 Å². The Labute approximate surface area is 204 Å². The maximum absolute atomic E-state index is 10.9. The molecule has 0 amide bonds. The predicted molar refractivity (Wildman–Crippen MR) is 146 cm³/mol. The van der Waals surface area contributed by atoms with Gasteiger partial charge in [0.25, 0.3) is 0 Å². The molecule has 0 aromatic carbocycles. The van der Waals surface area contributed by atoms with E-state index in [1.54, 1.807) is 6.92 Å². The van der Waals surface area contributed by atoms with E-state index in [0.29, 0.717) is 5.78 Å². The Hall–Kier alpha value is -0.330. The highest BCUT2D eigenvalue weighted by atomic mass is 16.1. The van der Waals surface area contributed by atoms with Crippen LogP contribution >= 0.6 is 0 Å². The van der Waals surface area contributed by atoms with Crippen molar-refractivity contribution in [2.24, 2.45) is 0 Å². The Bertz CT molecular complexity index is 348. The molecule has 0 heterocycles. The molecule has 0 saturated carbocycles. The van der Waals surface area contributed by atoms with Crippen LogP contribution in [0.5, 0.6) is 0 Å². The lowest BCUT2D eigenvalue weighted by atomic mass is 10.0. The van der Waals surface area contributed by atoms with Gasteiger partial charge in [0.05, 0.1) is 0 Å². The van der Waals surface area contributed by atoms with Crippen molar-refractivity contribution >= 4 is 5.78 Å². The lowest BCUT2D eigenvalue weighted by molar-refractivity contribution is -0.117. The van der Waals surface area contributed by atoms with Crippen molar-refractivity contribution in [3.05, 3.63) is 0 Å². The van der Waals surface area contributed by atoms with Gasteiger partial charge in [-0.25, -0.2) is 0 Å². The lowest BCUT2D eigenvalue weighted by Crippen LogP contribution is -1.89. The number of Topliss-reactive ketones (excluding diaryl/α,β-unsaturated/α-hetero) is 1. The first-order valence-corrected chi connectivity index (χ1v) is 15.3. The van der Waals surface area contributed by atoms with Gasteiger partial charge in [-0.1, -0.05) is 174 Å². The van der Waals surface area contributed by atoms with Crippen LogP contribution in [0.3, 0.4) is 0 Å². The second kappa shape index (κ2) is 28.7. The standard InChI is InChI=1S/C31H62O/c1-3-4-5-6-7-8-9-10-11-12-13-14-15-16-17-18-19-20-21-22-23-24-25-26-27-28-29-30-31(2)32/h3-30H2,1-2H3. The summed E-state index contributed by atoms with van der Waals surface area (Å²) in [6.07, 6.45) is 39.4. The summed E-state index contributed by atoms with van der Waals surface area (Å²) >= 11 is 0. The van der Waals surface area contributed by atoms with Gasteiger partial charge in [-0.15, -0.1) is 0 Å². The highest BCUT2D eigenvalue weighted by molar-refractivity contribution is 5.75. The smallest absolute Gasteiger partial charge is 0.129 e. The van der Waals surface area contributed by atoms with E-state index in [2.05, 4.69) is 6.92 Å². The van der Waals surface area contributed by atoms with Crippen LogP contribution in [0.1, 0.15) is 194 Å². The Kier molecular flexibility index (Phi) is 28.4. The van der Waals surface area contributed by atoms with Gasteiger partial charge in [-0.3, -0.25) is 0 Å². The third-order valence-corrected chi connectivity index (χ3v) is 7.13. The third-order valence-electron chi connectivity index (χ3n) is 7.13. The molecule has 0 aromatic heterocycles. The number of carbonyl (C=O) groups excluding carboxylic acids is 1. The molecule has 1 nitrogen and oxygen atoms in total. The maximum atomic E-state index is 10.9. The summed E-state index contributed by atoms with van der Waals surface area (Å²) in [7, 11) is 0. The molecule has 0 saturated heterocycles. The Morgan fingerprint density at radius 1 is 0.344 bits per heavy atom. The third kappa shape index (κ3) is 29.7. The second-order valence-corrected chi connectivity index (χ2v) is 10.6. The Morgan fingerprint density at radius 3 is 0.719 bits per heavy atom. The lowest BCUT2D eigenvalue weighted by Gasteiger charge is -2.04. The second-order valence-electron chi connectivity index (χ2n) is 10.6. The zero-order valence-corrected chi connectivity index (χ0v) is 22.7. The summed E-state index contributed by atoms with van der Waals surface area (Å²) < 4.78 is 0. The molecular formula is C31H62O. The van der Waals surface area contributed by atoms with Crippen molar-refractivity contribution in [1.29, 1.82) is 0 Å². The molecule has 1 heteroatoms. The zero-order valence-electron chi connectivity index (χ0n) is 22.7. The van der Waals surface area contributed by atoms with Crippen LogP contribution in [0.15, 0.2) is 0 Å².